The lowest BCUT2D eigenvalue weighted by Crippen LogP contribution is -2.23. The maximum absolute atomic E-state index is 12.4. The number of esters is 1. The predicted octanol–water partition coefficient (Wildman–Crippen LogP) is 3.08. The van der Waals surface area contributed by atoms with Gasteiger partial charge in [-0.05, 0) is 42.8 Å². The molecule has 0 spiro atoms. The number of methoxy groups -OCH3 is 2. The van der Waals surface area contributed by atoms with Gasteiger partial charge in [0.1, 0.15) is 0 Å². The molecule has 0 aliphatic carbocycles. The summed E-state index contributed by atoms with van der Waals surface area (Å²) in [6, 6.07) is 9.54. The van der Waals surface area contributed by atoms with E-state index in [0.29, 0.717) is 18.5 Å². The molecular weight excluding hydrogens is 418 g/mol. The van der Waals surface area contributed by atoms with Crippen LogP contribution in [-0.4, -0.2) is 43.5 Å². The Labute approximate surface area is 182 Å². The second-order valence-electron chi connectivity index (χ2n) is 7.05. The number of nitrogens with zero attached hydrogens (tertiary/aromatic N) is 3. The average molecular weight is 437 g/mol. The molecule has 4 rings (SSSR count). The van der Waals surface area contributed by atoms with Gasteiger partial charge in [0.2, 0.25) is 11.8 Å². The number of aliphatic imine (C=N–C) groups is 1. The van der Waals surface area contributed by atoms with Crippen LogP contribution in [0.15, 0.2) is 47.1 Å². The third kappa shape index (κ3) is 3.89. The molecule has 1 fully saturated rings. The fourth-order valence-corrected chi connectivity index (χ4v) is 3.54. The zero-order valence-corrected chi connectivity index (χ0v) is 17.4. The number of ether oxygens (including phenoxy) is 3. The first-order valence-corrected chi connectivity index (χ1v) is 9.75. The number of hydrogen-bond donors (Lipinski definition) is 0. The number of nitro benzene ring substituents is 1. The molecule has 32 heavy (non-hydrogen) atoms. The standard InChI is InChI=1S/C22H19N3O7/c1-30-18-11-14(17(25(28)29)12-19(18)31-2)10-16-22(27)32-21(23-16)13-5-7-15(8-6-13)24-9-3-4-20(24)26/h5-8,10-12H,3-4,9H2,1-2H3/b16-10+. The SMILES string of the molecule is COc1cc(/C=C2/N=C(c3ccc(N4CCCC4=O)cc3)OC2=O)c([N+](=O)[O-])cc1OC. The summed E-state index contributed by atoms with van der Waals surface area (Å²) in [6.45, 7) is 0.672. The molecular formula is C22H19N3O7. The van der Waals surface area contributed by atoms with E-state index in [-0.39, 0.29) is 40.3 Å². The van der Waals surface area contributed by atoms with E-state index in [9.17, 15) is 19.7 Å². The van der Waals surface area contributed by atoms with Gasteiger partial charge in [0.05, 0.1) is 30.8 Å². The largest absolute Gasteiger partial charge is 0.493 e. The smallest absolute Gasteiger partial charge is 0.363 e. The third-order valence-corrected chi connectivity index (χ3v) is 5.14. The van der Waals surface area contributed by atoms with Crippen LogP contribution in [0.2, 0.25) is 0 Å². The predicted molar refractivity (Wildman–Crippen MR) is 115 cm³/mol. The van der Waals surface area contributed by atoms with Crippen molar-refractivity contribution in [1.82, 2.24) is 0 Å². The van der Waals surface area contributed by atoms with Crippen molar-refractivity contribution >= 4 is 35.2 Å². The van der Waals surface area contributed by atoms with E-state index < -0.39 is 10.9 Å². The van der Waals surface area contributed by atoms with Crippen LogP contribution in [0.5, 0.6) is 11.5 Å². The lowest BCUT2D eigenvalue weighted by atomic mass is 10.1. The number of nitro groups is 1. The molecule has 2 aromatic rings. The van der Waals surface area contributed by atoms with E-state index in [2.05, 4.69) is 4.99 Å². The molecule has 0 N–H and O–H groups in total. The van der Waals surface area contributed by atoms with Crippen molar-refractivity contribution in [2.24, 2.45) is 4.99 Å². The van der Waals surface area contributed by atoms with Crippen LogP contribution in [0, 0.1) is 10.1 Å². The van der Waals surface area contributed by atoms with Gasteiger partial charge in [-0.15, -0.1) is 0 Å². The van der Waals surface area contributed by atoms with Crippen molar-refractivity contribution in [2.75, 3.05) is 25.7 Å². The van der Waals surface area contributed by atoms with E-state index >= 15 is 0 Å². The molecule has 0 atom stereocenters. The van der Waals surface area contributed by atoms with Gasteiger partial charge < -0.3 is 19.1 Å². The molecule has 0 radical (unpaired) electrons. The highest BCUT2D eigenvalue weighted by atomic mass is 16.6. The number of cyclic esters (lactones) is 1. The Morgan fingerprint density at radius 3 is 2.41 bits per heavy atom. The van der Waals surface area contributed by atoms with Crippen LogP contribution in [0.4, 0.5) is 11.4 Å². The molecule has 0 bridgehead atoms. The average Bonchev–Trinajstić information content (AvgIpc) is 3.38. The van der Waals surface area contributed by atoms with Gasteiger partial charge in [-0.1, -0.05) is 0 Å². The topological polar surface area (TPSA) is 121 Å². The number of amides is 1. The molecule has 1 amide bonds. The Hall–Kier alpha value is -4.21. The number of benzene rings is 2. The van der Waals surface area contributed by atoms with E-state index in [0.717, 1.165) is 12.1 Å². The van der Waals surface area contributed by atoms with Crippen molar-refractivity contribution < 1.29 is 28.7 Å². The Bertz CT molecular complexity index is 1170. The quantitative estimate of drug-likeness (QED) is 0.295. The molecule has 2 aliphatic heterocycles. The molecule has 0 saturated carbocycles. The van der Waals surface area contributed by atoms with Gasteiger partial charge in [-0.25, -0.2) is 9.79 Å². The van der Waals surface area contributed by atoms with Gasteiger partial charge in [-0.3, -0.25) is 14.9 Å². The summed E-state index contributed by atoms with van der Waals surface area (Å²) in [4.78, 5) is 41.1. The van der Waals surface area contributed by atoms with Gasteiger partial charge in [-0.2, -0.15) is 0 Å². The molecule has 1 saturated heterocycles. The minimum Gasteiger partial charge on any atom is -0.493 e. The van der Waals surface area contributed by atoms with Crippen LogP contribution >= 0.6 is 0 Å². The summed E-state index contributed by atoms with van der Waals surface area (Å²) in [6.07, 6.45) is 2.62. The molecule has 10 heteroatoms. The monoisotopic (exact) mass is 437 g/mol. The molecule has 164 valence electrons. The third-order valence-electron chi connectivity index (χ3n) is 5.14. The van der Waals surface area contributed by atoms with Crippen LogP contribution in [-0.2, 0) is 14.3 Å². The summed E-state index contributed by atoms with van der Waals surface area (Å²) in [5.74, 6) is -0.126. The highest BCUT2D eigenvalue weighted by molar-refractivity contribution is 6.13. The molecule has 0 unspecified atom stereocenters. The van der Waals surface area contributed by atoms with E-state index in [4.69, 9.17) is 14.2 Å². The van der Waals surface area contributed by atoms with Gasteiger partial charge in [0.25, 0.3) is 5.69 Å². The summed E-state index contributed by atoms with van der Waals surface area (Å²) < 4.78 is 15.6. The fourth-order valence-electron chi connectivity index (χ4n) is 3.54. The van der Waals surface area contributed by atoms with E-state index in [1.807, 2.05) is 0 Å². The van der Waals surface area contributed by atoms with E-state index in [1.54, 1.807) is 29.2 Å². The Balaban J connectivity index is 1.66. The van der Waals surface area contributed by atoms with Gasteiger partial charge in [0, 0.05) is 24.2 Å². The van der Waals surface area contributed by atoms with Crippen LogP contribution in [0.3, 0.4) is 0 Å². The molecule has 2 aromatic carbocycles. The zero-order valence-electron chi connectivity index (χ0n) is 17.4. The van der Waals surface area contributed by atoms with Gasteiger partial charge >= 0.3 is 5.97 Å². The summed E-state index contributed by atoms with van der Waals surface area (Å²) in [5.41, 5.74) is 1.06. The second-order valence-corrected chi connectivity index (χ2v) is 7.05. The number of carbonyl (C=O) groups excluding carboxylic acids is 2. The number of carbonyl (C=O) groups is 2. The van der Waals surface area contributed by atoms with Crippen LogP contribution in [0.25, 0.3) is 6.08 Å². The number of anilines is 1. The maximum Gasteiger partial charge on any atom is 0.363 e. The minimum atomic E-state index is -0.733. The van der Waals surface area contributed by atoms with Crippen LogP contribution < -0.4 is 14.4 Å². The first-order chi connectivity index (χ1) is 15.4. The number of rotatable bonds is 6. The number of hydrogen-bond acceptors (Lipinski definition) is 8. The summed E-state index contributed by atoms with van der Waals surface area (Å²) in [7, 11) is 2.77. The lowest BCUT2D eigenvalue weighted by molar-refractivity contribution is -0.385. The highest BCUT2D eigenvalue weighted by Crippen LogP contribution is 2.36. The molecule has 2 aliphatic rings. The molecule has 0 aromatic heterocycles. The summed E-state index contributed by atoms with van der Waals surface area (Å²) in [5, 5.41) is 11.5. The lowest BCUT2D eigenvalue weighted by Gasteiger charge is -2.15. The minimum absolute atomic E-state index is 0.0729. The molecule has 2 heterocycles. The first-order valence-electron chi connectivity index (χ1n) is 9.75. The maximum atomic E-state index is 12.4. The normalized spacial score (nSPS) is 16.9. The fraction of sp³-hybridized carbons (Fsp3) is 0.227. The zero-order chi connectivity index (χ0) is 22.8. The Morgan fingerprint density at radius 1 is 1.12 bits per heavy atom. The summed E-state index contributed by atoms with van der Waals surface area (Å²) >= 11 is 0. The second kappa shape index (κ2) is 8.50. The molecule has 10 nitrogen and oxygen atoms in total. The van der Waals surface area contributed by atoms with Crippen molar-refractivity contribution in [3.05, 3.63) is 63.3 Å². The first kappa shape index (κ1) is 21.0. The van der Waals surface area contributed by atoms with Crippen molar-refractivity contribution in [3.8, 4) is 11.5 Å². The van der Waals surface area contributed by atoms with Crippen molar-refractivity contribution in [1.29, 1.82) is 0 Å². The highest BCUT2D eigenvalue weighted by Gasteiger charge is 2.27. The van der Waals surface area contributed by atoms with E-state index in [1.165, 1.54) is 32.4 Å². The van der Waals surface area contributed by atoms with Crippen molar-refractivity contribution in [2.45, 2.75) is 12.8 Å². The Morgan fingerprint density at radius 2 is 1.81 bits per heavy atom. The van der Waals surface area contributed by atoms with Crippen molar-refractivity contribution in [3.63, 3.8) is 0 Å². The Kier molecular flexibility index (Phi) is 5.59. The van der Waals surface area contributed by atoms with Gasteiger partial charge in [0.15, 0.2) is 17.2 Å². The van der Waals surface area contributed by atoms with Crippen LogP contribution in [0.1, 0.15) is 24.0 Å².